The summed E-state index contributed by atoms with van der Waals surface area (Å²) >= 11 is 0. The number of rotatable bonds is 1. The summed E-state index contributed by atoms with van der Waals surface area (Å²) in [6, 6.07) is 0. The molecule has 0 N–H and O–H groups in total. The molecule has 1 aliphatic rings. The van der Waals surface area contributed by atoms with Crippen LogP contribution in [0, 0.1) is 5.92 Å². The van der Waals surface area contributed by atoms with E-state index in [1.807, 2.05) is 6.08 Å². The number of hydrogen-bond donors (Lipinski definition) is 0. The standard InChI is InChI=1S/C8H12O/c1-7-4-3-5-8(6-7)9-2/h3,5-7H,4H2,1-2H3. The molecular weight excluding hydrogens is 112 g/mol. The SMILES string of the molecule is COC1=CC(C)CC=C1. The van der Waals surface area contributed by atoms with Crippen LogP contribution in [0.25, 0.3) is 0 Å². The summed E-state index contributed by atoms with van der Waals surface area (Å²) in [5.74, 6) is 1.64. The van der Waals surface area contributed by atoms with Gasteiger partial charge in [-0.25, -0.2) is 0 Å². The minimum Gasteiger partial charge on any atom is -0.497 e. The van der Waals surface area contributed by atoms with Crippen LogP contribution in [0.15, 0.2) is 24.0 Å². The molecule has 0 amide bonds. The monoisotopic (exact) mass is 124 g/mol. The Bertz CT molecular complexity index is 145. The first-order valence-electron chi connectivity index (χ1n) is 3.25. The predicted octanol–water partition coefficient (Wildman–Crippen LogP) is 2.11. The van der Waals surface area contributed by atoms with Crippen molar-refractivity contribution < 1.29 is 4.74 Å². The fourth-order valence-electron chi connectivity index (χ4n) is 0.939. The fraction of sp³-hybridized carbons (Fsp3) is 0.500. The van der Waals surface area contributed by atoms with E-state index in [1.165, 1.54) is 0 Å². The smallest absolute Gasteiger partial charge is 0.114 e. The van der Waals surface area contributed by atoms with Gasteiger partial charge in [0.1, 0.15) is 5.76 Å². The van der Waals surface area contributed by atoms with Crippen molar-refractivity contribution in [1.29, 1.82) is 0 Å². The number of ether oxygens (including phenoxy) is 1. The number of allylic oxidation sites excluding steroid dienone is 3. The fourth-order valence-corrected chi connectivity index (χ4v) is 0.939. The molecule has 0 aromatic rings. The number of hydrogen-bond acceptors (Lipinski definition) is 1. The van der Waals surface area contributed by atoms with Crippen LogP contribution < -0.4 is 0 Å². The quantitative estimate of drug-likeness (QED) is 0.520. The number of methoxy groups -OCH3 is 1. The molecule has 0 aromatic carbocycles. The van der Waals surface area contributed by atoms with Crippen molar-refractivity contribution in [2.45, 2.75) is 13.3 Å². The zero-order valence-corrected chi connectivity index (χ0v) is 5.92. The molecule has 9 heavy (non-hydrogen) atoms. The van der Waals surface area contributed by atoms with Crippen molar-refractivity contribution in [3.63, 3.8) is 0 Å². The molecule has 0 saturated carbocycles. The zero-order valence-electron chi connectivity index (χ0n) is 5.92. The molecule has 0 saturated heterocycles. The van der Waals surface area contributed by atoms with Crippen molar-refractivity contribution in [1.82, 2.24) is 0 Å². The van der Waals surface area contributed by atoms with Gasteiger partial charge in [0.15, 0.2) is 0 Å². The molecule has 1 atom stereocenters. The van der Waals surface area contributed by atoms with E-state index in [0.717, 1.165) is 12.2 Å². The summed E-state index contributed by atoms with van der Waals surface area (Å²) in [7, 11) is 1.70. The van der Waals surface area contributed by atoms with Crippen molar-refractivity contribution >= 4 is 0 Å². The van der Waals surface area contributed by atoms with E-state index in [-0.39, 0.29) is 0 Å². The largest absolute Gasteiger partial charge is 0.497 e. The van der Waals surface area contributed by atoms with Gasteiger partial charge in [0, 0.05) is 0 Å². The molecule has 0 aromatic heterocycles. The molecule has 0 aliphatic heterocycles. The van der Waals surface area contributed by atoms with Crippen molar-refractivity contribution in [3.8, 4) is 0 Å². The highest BCUT2D eigenvalue weighted by molar-refractivity contribution is 5.17. The topological polar surface area (TPSA) is 9.23 Å². The lowest BCUT2D eigenvalue weighted by molar-refractivity contribution is 0.300. The third-order valence-corrected chi connectivity index (χ3v) is 1.47. The van der Waals surface area contributed by atoms with Crippen LogP contribution in [0.2, 0.25) is 0 Å². The highest BCUT2D eigenvalue weighted by Gasteiger charge is 2.02. The minimum atomic E-state index is 0.643. The summed E-state index contributed by atoms with van der Waals surface area (Å²) in [5, 5.41) is 0. The van der Waals surface area contributed by atoms with Gasteiger partial charge in [0.2, 0.25) is 0 Å². The molecule has 0 radical (unpaired) electrons. The van der Waals surface area contributed by atoms with Gasteiger partial charge in [-0.05, 0) is 24.5 Å². The second-order valence-electron chi connectivity index (χ2n) is 2.39. The van der Waals surface area contributed by atoms with Crippen LogP contribution >= 0.6 is 0 Å². The Morgan fingerprint density at radius 1 is 1.67 bits per heavy atom. The first kappa shape index (κ1) is 6.40. The molecule has 0 bridgehead atoms. The van der Waals surface area contributed by atoms with E-state index < -0.39 is 0 Å². The predicted molar refractivity (Wildman–Crippen MR) is 38.0 cm³/mol. The van der Waals surface area contributed by atoms with Gasteiger partial charge in [-0.15, -0.1) is 0 Å². The first-order chi connectivity index (χ1) is 4.33. The van der Waals surface area contributed by atoms with E-state index >= 15 is 0 Å². The normalized spacial score (nSPS) is 25.6. The van der Waals surface area contributed by atoms with Crippen molar-refractivity contribution in [2.75, 3.05) is 7.11 Å². The van der Waals surface area contributed by atoms with E-state index in [0.29, 0.717) is 5.92 Å². The van der Waals surface area contributed by atoms with Crippen molar-refractivity contribution in [2.24, 2.45) is 5.92 Å². The van der Waals surface area contributed by atoms with Crippen LogP contribution in [-0.2, 0) is 4.74 Å². The second kappa shape index (κ2) is 2.72. The van der Waals surface area contributed by atoms with Gasteiger partial charge in [-0.2, -0.15) is 0 Å². The van der Waals surface area contributed by atoms with Gasteiger partial charge in [-0.3, -0.25) is 0 Å². The molecule has 0 heterocycles. The van der Waals surface area contributed by atoms with E-state index in [9.17, 15) is 0 Å². The van der Waals surface area contributed by atoms with Crippen LogP contribution in [0.4, 0.5) is 0 Å². The Labute approximate surface area is 56.0 Å². The van der Waals surface area contributed by atoms with Gasteiger partial charge in [0.25, 0.3) is 0 Å². The highest BCUT2D eigenvalue weighted by Crippen LogP contribution is 2.15. The van der Waals surface area contributed by atoms with Crippen LogP contribution in [0.3, 0.4) is 0 Å². The molecule has 50 valence electrons. The lowest BCUT2D eigenvalue weighted by Gasteiger charge is -2.09. The summed E-state index contributed by atoms with van der Waals surface area (Å²) in [5.41, 5.74) is 0. The van der Waals surface area contributed by atoms with Gasteiger partial charge in [0.05, 0.1) is 7.11 Å². The maximum Gasteiger partial charge on any atom is 0.114 e. The molecule has 1 unspecified atom stereocenters. The van der Waals surface area contributed by atoms with Gasteiger partial charge >= 0.3 is 0 Å². The van der Waals surface area contributed by atoms with Crippen LogP contribution in [0.1, 0.15) is 13.3 Å². The second-order valence-corrected chi connectivity index (χ2v) is 2.39. The molecule has 0 spiro atoms. The lowest BCUT2D eigenvalue weighted by Crippen LogP contribution is -1.95. The van der Waals surface area contributed by atoms with Crippen molar-refractivity contribution in [3.05, 3.63) is 24.0 Å². The maximum atomic E-state index is 5.04. The Balaban J connectivity index is 2.59. The Kier molecular flexibility index (Phi) is 1.93. The van der Waals surface area contributed by atoms with E-state index in [2.05, 4.69) is 19.1 Å². The van der Waals surface area contributed by atoms with Gasteiger partial charge < -0.3 is 4.74 Å². The van der Waals surface area contributed by atoms with E-state index in [4.69, 9.17) is 4.74 Å². The van der Waals surface area contributed by atoms with E-state index in [1.54, 1.807) is 7.11 Å². The molecule has 0 fully saturated rings. The van der Waals surface area contributed by atoms with Crippen LogP contribution in [0.5, 0.6) is 0 Å². The Morgan fingerprint density at radius 2 is 2.44 bits per heavy atom. The Morgan fingerprint density at radius 3 is 2.89 bits per heavy atom. The molecule has 1 heteroatoms. The summed E-state index contributed by atoms with van der Waals surface area (Å²) in [6.07, 6.45) is 7.44. The molecule has 1 rings (SSSR count). The molecule has 1 nitrogen and oxygen atoms in total. The first-order valence-corrected chi connectivity index (χ1v) is 3.25. The van der Waals surface area contributed by atoms with Gasteiger partial charge in [-0.1, -0.05) is 13.0 Å². The molecule has 1 aliphatic carbocycles. The summed E-state index contributed by atoms with van der Waals surface area (Å²) in [6.45, 7) is 2.18. The average Bonchev–Trinajstić information content (AvgIpc) is 1.88. The minimum absolute atomic E-state index is 0.643. The summed E-state index contributed by atoms with van der Waals surface area (Å²) in [4.78, 5) is 0. The maximum absolute atomic E-state index is 5.04. The summed E-state index contributed by atoms with van der Waals surface area (Å²) < 4.78 is 5.04. The third-order valence-electron chi connectivity index (χ3n) is 1.47. The van der Waals surface area contributed by atoms with Crippen LogP contribution in [-0.4, -0.2) is 7.11 Å². The zero-order chi connectivity index (χ0) is 6.69. The molecular formula is C8H12O. The highest BCUT2D eigenvalue weighted by atomic mass is 16.5. The Hall–Kier alpha value is -0.720. The average molecular weight is 124 g/mol. The third kappa shape index (κ3) is 1.60. The lowest BCUT2D eigenvalue weighted by atomic mass is 10.0.